The van der Waals surface area contributed by atoms with E-state index in [-0.39, 0.29) is 30.6 Å². The normalized spacial score (nSPS) is 27.5. The summed E-state index contributed by atoms with van der Waals surface area (Å²) in [6, 6.07) is 10.3. The Kier molecular flexibility index (Phi) is 4.13. The third-order valence-electron chi connectivity index (χ3n) is 5.76. The molecule has 1 saturated heterocycles. The number of allylic oxidation sites excluding steroid dienone is 1. The van der Waals surface area contributed by atoms with Crippen molar-refractivity contribution in [1.82, 2.24) is 9.47 Å². The quantitative estimate of drug-likeness (QED) is 0.689. The van der Waals surface area contributed by atoms with Crippen LogP contribution in [-0.4, -0.2) is 47.3 Å². The predicted molar refractivity (Wildman–Crippen MR) is 96.3 cm³/mol. The number of esters is 1. The molecule has 0 spiro atoms. The molecule has 1 aromatic carbocycles. The molecule has 0 unspecified atom stereocenters. The molecule has 5 nitrogen and oxygen atoms in total. The number of aliphatic hydroxyl groups is 1. The Labute approximate surface area is 147 Å². The van der Waals surface area contributed by atoms with E-state index in [0.717, 1.165) is 29.6 Å². The average Bonchev–Trinajstić information content (AvgIpc) is 3.03. The van der Waals surface area contributed by atoms with Gasteiger partial charge in [-0.1, -0.05) is 29.8 Å². The summed E-state index contributed by atoms with van der Waals surface area (Å²) < 4.78 is 7.36. The molecule has 2 bridgehead atoms. The zero-order valence-corrected chi connectivity index (χ0v) is 14.7. The number of aliphatic hydroxyl groups excluding tert-OH is 1. The molecule has 4 rings (SSSR count). The molecule has 3 heterocycles. The molecule has 2 aliphatic heterocycles. The van der Waals surface area contributed by atoms with Crippen LogP contribution >= 0.6 is 0 Å². The molecule has 0 amide bonds. The molecule has 1 N–H and O–H groups in total. The minimum Gasteiger partial charge on any atom is -0.467 e. The minimum absolute atomic E-state index is 0.138. The summed E-state index contributed by atoms with van der Waals surface area (Å²) in [7, 11) is 1.47. The highest BCUT2D eigenvalue weighted by Gasteiger charge is 2.46. The number of fused-ring (bicyclic) bond motifs is 6. The number of rotatable bonds is 3. The summed E-state index contributed by atoms with van der Waals surface area (Å²) in [6.45, 7) is 3.60. The van der Waals surface area contributed by atoms with E-state index in [2.05, 4.69) is 33.7 Å². The maximum absolute atomic E-state index is 12.7. The van der Waals surface area contributed by atoms with Gasteiger partial charge in [0.2, 0.25) is 0 Å². The molecule has 132 valence electrons. The summed E-state index contributed by atoms with van der Waals surface area (Å²) in [5.74, 6) is -0.0401. The highest BCUT2D eigenvalue weighted by molar-refractivity contribution is 5.85. The van der Waals surface area contributed by atoms with Gasteiger partial charge in [0.1, 0.15) is 6.04 Å². The van der Waals surface area contributed by atoms with Crippen LogP contribution in [0.4, 0.5) is 0 Å². The topological polar surface area (TPSA) is 54.7 Å². The standard InChI is InChI=1S/C20H24N2O3/c1-3-13-12-21(8-9-23)17-11-15(13)19(20(24)25-2)22-16-7-5-4-6-14(16)10-18(17)22/h3-7,10,15,17,19,23H,8-9,11-12H2,1-2H3/t15-,17-,19+/m0/s1. The number of aromatic nitrogens is 1. The lowest BCUT2D eigenvalue weighted by atomic mass is 9.77. The SMILES string of the molecule is CC=C1CN(CCO)[C@H]2C[C@@H]1[C@H](C(=O)OC)n1c2cc2ccccc21. The van der Waals surface area contributed by atoms with Crippen molar-refractivity contribution in [2.75, 3.05) is 26.8 Å². The van der Waals surface area contributed by atoms with Crippen molar-refractivity contribution >= 4 is 16.9 Å². The van der Waals surface area contributed by atoms with Gasteiger partial charge in [-0.25, -0.2) is 4.79 Å². The number of methoxy groups -OCH3 is 1. The van der Waals surface area contributed by atoms with Crippen molar-refractivity contribution in [2.45, 2.75) is 25.4 Å². The van der Waals surface area contributed by atoms with Gasteiger partial charge >= 0.3 is 5.97 Å². The van der Waals surface area contributed by atoms with Crippen molar-refractivity contribution in [2.24, 2.45) is 5.92 Å². The van der Waals surface area contributed by atoms with Crippen LogP contribution in [0.25, 0.3) is 10.9 Å². The zero-order chi connectivity index (χ0) is 17.6. The fourth-order valence-electron chi connectivity index (χ4n) is 4.65. The Morgan fingerprint density at radius 3 is 2.92 bits per heavy atom. The van der Waals surface area contributed by atoms with Gasteiger partial charge in [0.15, 0.2) is 0 Å². The Morgan fingerprint density at radius 1 is 1.40 bits per heavy atom. The monoisotopic (exact) mass is 340 g/mol. The predicted octanol–water partition coefficient (Wildman–Crippen LogP) is 2.67. The molecule has 1 aromatic heterocycles. The summed E-state index contributed by atoms with van der Waals surface area (Å²) in [5, 5.41) is 10.6. The van der Waals surface area contributed by atoms with Crippen molar-refractivity contribution in [3.05, 3.63) is 47.7 Å². The van der Waals surface area contributed by atoms with E-state index in [1.807, 2.05) is 19.1 Å². The van der Waals surface area contributed by atoms with Crippen LogP contribution in [0.3, 0.4) is 0 Å². The van der Waals surface area contributed by atoms with Crippen LogP contribution in [0.5, 0.6) is 0 Å². The van der Waals surface area contributed by atoms with Gasteiger partial charge in [0.25, 0.3) is 0 Å². The number of carbonyl (C=O) groups excluding carboxylic acids is 1. The van der Waals surface area contributed by atoms with E-state index in [1.54, 1.807) is 0 Å². The lowest BCUT2D eigenvalue weighted by Gasteiger charge is -2.48. The summed E-state index contributed by atoms with van der Waals surface area (Å²) in [6.07, 6.45) is 3.01. The van der Waals surface area contributed by atoms with E-state index >= 15 is 0 Å². The van der Waals surface area contributed by atoms with Crippen LogP contribution in [0.1, 0.15) is 31.1 Å². The zero-order valence-electron chi connectivity index (χ0n) is 14.7. The van der Waals surface area contributed by atoms with Gasteiger partial charge in [-0.3, -0.25) is 4.90 Å². The lowest BCUT2D eigenvalue weighted by molar-refractivity contribution is -0.147. The first kappa shape index (κ1) is 16.4. The molecular formula is C20H24N2O3. The molecule has 1 fully saturated rings. The van der Waals surface area contributed by atoms with Crippen LogP contribution < -0.4 is 0 Å². The third-order valence-corrected chi connectivity index (χ3v) is 5.76. The van der Waals surface area contributed by atoms with Crippen molar-refractivity contribution in [3.8, 4) is 0 Å². The first-order valence-corrected chi connectivity index (χ1v) is 8.87. The highest BCUT2D eigenvalue weighted by Crippen LogP contribution is 2.49. The number of carbonyl (C=O) groups is 1. The number of hydrogen-bond donors (Lipinski definition) is 1. The average molecular weight is 340 g/mol. The lowest BCUT2D eigenvalue weighted by Crippen LogP contribution is -2.48. The van der Waals surface area contributed by atoms with E-state index in [9.17, 15) is 9.90 Å². The van der Waals surface area contributed by atoms with Gasteiger partial charge in [0, 0.05) is 30.2 Å². The van der Waals surface area contributed by atoms with Gasteiger partial charge in [-0.15, -0.1) is 0 Å². The van der Waals surface area contributed by atoms with E-state index in [4.69, 9.17) is 4.74 Å². The second-order valence-corrected chi connectivity index (χ2v) is 6.88. The first-order chi connectivity index (χ1) is 12.2. The number of para-hydroxylation sites is 1. The van der Waals surface area contributed by atoms with Crippen LogP contribution in [0, 0.1) is 5.92 Å². The maximum atomic E-state index is 12.7. The smallest absolute Gasteiger partial charge is 0.329 e. The second kappa shape index (κ2) is 6.32. The summed E-state index contributed by atoms with van der Waals surface area (Å²) >= 11 is 0. The molecule has 0 saturated carbocycles. The van der Waals surface area contributed by atoms with Gasteiger partial charge in [-0.2, -0.15) is 0 Å². The van der Waals surface area contributed by atoms with Crippen molar-refractivity contribution in [1.29, 1.82) is 0 Å². The number of benzene rings is 1. The summed E-state index contributed by atoms with van der Waals surface area (Å²) in [4.78, 5) is 15.0. The highest BCUT2D eigenvalue weighted by atomic mass is 16.5. The fourth-order valence-corrected chi connectivity index (χ4v) is 4.65. The van der Waals surface area contributed by atoms with Crippen molar-refractivity contribution < 1.29 is 14.6 Å². The molecule has 5 heteroatoms. The number of β-amino-alcohol motifs (C(OH)–C–C–N with tert-alkyl or cyclic N) is 1. The fraction of sp³-hybridized carbons (Fsp3) is 0.450. The second-order valence-electron chi connectivity index (χ2n) is 6.88. The molecule has 3 atom stereocenters. The summed E-state index contributed by atoms with van der Waals surface area (Å²) in [5.41, 5.74) is 3.48. The van der Waals surface area contributed by atoms with Crippen molar-refractivity contribution in [3.63, 3.8) is 0 Å². The Bertz CT molecular complexity index is 839. The van der Waals surface area contributed by atoms with E-state index in [1.165, 1.54) is 12.7 Å². The maximum Gasteiger partial charge on any atom is 0.329 e. The first-order valence-electron chi connectivity index (χ1n) is 8.87. The Hall–Kier alpha value is -2.11. The van der Waals surface area contributed by atoms with Crippen LogP contribution in [0.2, 0.25) is 0 Å². The van der Waals surface area contributed by atoms with E-state index < -0.39 is 0 Å². The molecule has 2 aromatic rings. The van der Waals surface area contributed by atoms with Gasteiger partial charge in [0.05, 0.1) is 19.8 Å². The third kappa shape index (κ3) is 2.41. The number of hydrogen-bond acceptors (Lipinski definition) is 4. The van der Waals surface area contributed by atoms with Gasteiger partial charge in [-0.05, 0) is 30.9 Å². The molecule has 2 aliphatic rings. The Balaban J connectivity index is 1.95. The van der Waals surface area contributed by atoms with E-state index in [0.29, 0.717) is 6.54 Å². The van der Waals surface area contributed by atoms with Crippen LogP contribution in [-0.2, 0) is 9.53 Å². The number of piperidine rings is 1. The molecule has 0 aliphatic carbocycles. The largest absolute Gasteiger partial charge is 0.467 e. The molecular weight excluding hydrogens is 316 g/mol. The number of likely N-dealkylation sites (tertiary alicyclic amines) is 1. The number of ether oxygens (including phenoxy) is 1. The number of nitrogens with zero attached hydrogens (tertiary/aromatic N) is 2. The Morgan fingerprint density at radius 2 is 2.20 bits per heavy atom. The van der Waals surface area contributed by atoms with Crippen LogP contribution in [0.15, 0.2) is 42.0 Å². The molecule has 0 radical (unpaired) electrons. The minimum atomic E-state index is -0.321. The molecule has 25 heavy (non-hydrogen) atoms. The van der Waals surface area contributed by atoms with Gasteiger partial charge < -0.3 is 14.4 Å².